The number of para-hydroxylation sites is 1. The number of Topliss-reactive ketones (excluding diaryl/α,β-unsaturated/α-hetero) is 1. The highest BCUT2D eigenvalue weighted by atomic mass is 32.1. The monoisotopic (exact) mass is 430 g/mol. The van der Waals surface area contributed by atoms with E-state index in [4.69, 9.17) is 5.10 Å². The molecule has 4 rings (SSSR count). The zero-order valence-corrected chi connectivity index (χ0v) is 18.3. The normalized spacial score (nSPS) is 13.0. The van der Waals surface area contributed by atoms with Gasteiger partial charge in [0.1, 0.15) is 5.69 Å². The molecule has 0 unspecified atom stereocenters. The van der Waals surface area contributed by atoms with Crippen molar-refractivity contribution in [2.24, 2.45) is 5.41 Å². The van der Waals surface area contributed by atoms with Crippen molar-refractivity contribution in [1.29, 1.82) is 0 Å². The molecule has 6 nitrogen and oxygen atoms in total. The van der Waals surface area contributed by atoms with Crippen LogP contribution in [0.25, 0.3) is 29.1 Å². The number of hydrogen-bond donors (Lipinski definition) is 1. The molecule has 156 valence electrons. The quantitative estimate of drug-likeness (QED) is 0.540. The van der Waals surface area contributed by atoms with Gasteiger partial charge in [0.25, 0.3) is 5.56 Å². The first-order chi connectivity index (χ1) is 14.8. The fourth-order valence-corrected chi connectivity index (χ4v) is 3.81. The van der Waals surface area contributed by atoms with Crippen LogP contribution in [0.4, 0.5) is 0 Å². The molecule has 0 saturated carbocycles. The molecule has 0 radical (unpaired) electrons. The van der Waals surface area contributed by atoms with E-state index in [9.17, 15) is 9.59 Å². The lowest BCUT2D eigenvalue weighted by Crippen LogP contribution is -2.22. The van der Waals surface area contributed by atoms with E-state index in [1.54, 1.807) is 23.2 Å². The number of ketones is 1. The Morgan fingerprint density at radius 1 is 1.13 bits per heavy atom. The number of aromatic nitrogens is 4. The van der Waals surface area contributed by atoms with E-state index >= 15 is 0 Å². The van der Waals surface area contributed by atoms with Gasteiger partial charge in [-0.15, -0.1) is 11.3 Å². The molecule has 31 heavy (non-hydrogen) atoms. The van der Waals surface area contributed by atoms with E-state index in [1.807, 2.05) is 69.4 Å². The average Bonchev–Trinajstić information content (AvgIpc) is 3.32. The summed E-state index contributed by atoms with van der Waals surface area (Å²) in [5, 5.41) is 4.74. The van der Waals surface area contributed by atoms with Gasteiger partial charge in [0, 0.05) is 41.2 Å². The Kier molecular flexibility index (Phi) is 5.52. The van der Waals surface area contributed by atoms with Gasteiger partial charge < -0.3 is 4.98 Å². The molecule has 3 aromatic heterocycles. The number of H-pyrrole nitrogens is 1. The molecule has 0 saturated heterocycles. The van der Waals surface area contributed by atoms with Crippen LogP contribution in [0.2, 0.25) is 0 Å². The highest BCUT2D eigenvalue weighted by Crippen LogP contribution is 2.23. The maximum absolute atomic E-state index is 12.6. The zero-order valence-electron chi connectivity index (χ0n) is 17.5. The predicted molar refractivity (Wildman–Crippen MR) is 123 cm³/mol. The summed E-state index contributed by atoms with van der Waals surface area (Å²) in [7, 11) is 0. The van der Waals surface area contributed by atoms with Gasteiger partial charge in [-0.3, -0.25) is 14.6 Å². The van der Waals surface area contributed by atoms with Gasteiger partial charge in [-0.25, -0.2) is 4.68 Å². The first-order valence-corrected chi connectivity index (χ1v) is 10.7. The summed E-state index contributed by atoms with van der Waals surface area (Å²) in [5.41, 5.74) is 2.54. The molecule has 1 aromatic carbocycles. The Labute approximate surface area is 183 Å². The van der Waals surface area contributed by atoms with Gasteiger partial charge >= 0.3 is 0 Å². The second-order valence-electron chi connectivity index (χ2n) is 8.14. The minimum atomic E-state index is -0.505. The Morgan fingerprint density at radius 3 is 2.58 bits per heavy atom. The Hall–Kier alpha value is -3.58. The smallest absolute Gasteiger partial charge is 0.266 e. The van der Waals surface area contributed by atoms with E-state index < -0.39 is 5.41 Å². The highest BCUT2D eigenvalue weighted by Gasteiger charge is 2.18. The fraction of sp³-hybridized carbons (Fsp3) is 0.167. The molecule has 4 aromatic rings. The Morgan fingerprint density at radius 2 is 1.90 bits per heavy atom. The number of carbonyl (C=O) groups is 1. The van der Waals surface area contributed by atoms with Crippen LogP contribution in [0.5, 0.6) is 0 Å². The van der Waals surface area contributed by atoms with Gasteiger partial charge in [-0.05, 0) is 30.3 Å². The van der Waals surface area contributed by atoms with E-state index in [2.05, 4.69) is 9.97 Å². The predicted octanol–water partition coefficient (Wildman–Crippen LogP) is 2.91. The molecule has 0 aliphatic carbocycles. The summed E-state index contributed by atoms with van der Waals surface area (Å²) >= 11 is 1.26. The number of benzene rings is 1. The second kappa shape index (κ2) is 8.28. The molecule has 0 aliphatic rings. The van der Waals surface area contributed by atoms with E-state index in [0.717, 1.165) is 22.5 Å². The van der Waals surface area contributed by atoms with Crippen molar-refractivity contribution < 1.29 is 4.79 Å². The lowest BCUT2D eigenvalue weighted by molar-refractivity contribution is -0.119. The van der Waals surface area contributed by atoms with Gasteiger partial charge in [0.15, 0.2) is 5.78 Å². The summed E-state index contributed by atoms with van der Waals surface area (Å²) in [4.78, 5) is 31.8. The summed E-state index contributed by atoms with van der Waals surface area (Å²) in [6, 6.07) is 13.6. The molecule has 0 atom stereocenters. The zero-order chi connectivity index (χ0) is 22.0. The van der Waals surface area contributed by atoms with Crippen LogP contribution in [0.15, 0.2) is 65.8 Å². The average molecular weight is 431 g/mol. The standard InChI is InChI=1S/C24H22N4O2S/c1-24(2,3)20(29)13-21-26-23(30)19(31-21)12-17-15-28(18-9-5-4-6-10-18)27-22(17)16-8-7-11-25-14-16/h4-15H,1-3H3,(H,26,30)/b19-12+,21-13+. The van der Waals surface area contributed by atoms with Gasteiger partial charge in [0.05, 0.1) is 14.9 Å². The van der Waals surface area contributed by atoms with E-state index in [-0.39, 0.29) is 11.3 Å². The minimum Gasteiger partial charge on any atom is -0.313 e. The number of carbonyl (C=O) groups excluding carboxylic acids is 1. The van der Waals surface area contributed by atoms with Crippen molar-refractivity contribution in [3.8, 4) is 16.9 Å². The highest BCUT2D eigenvalue weighted by molar-refractivity contribution is 7.07. The third-order valence-corrected chi connectivity index (χ3v) is 5.63. The lowest BCUT2D eigenvalue weighted by Gasteiger charge is -2.12. The molecule has 0 fully saturated rings. The van der Waals surface area contributed by atoms with Crippen LogP contribution in [-0.4, -0.2) is 25.5 Å². The topological polar surface area (TPSA) is 80.6 Å². The molecule has 3 heterocycles. The number of rotatable bonds is 4. The molecular formula is C24H22N4O2S. The number of nitrogens with one attached hydrogen (secondary N) is 1. The summed E-state index contributed by atoms with van der Waals surface area (Å²) in [5.74, 6) is -0.0375. The SMILES string of the molecule is CC(C)(C)C(=O)/C=c1\[nH]c(=O)/c(=C\c2cn(-c3ccccc3)nc2-c2cccnc2)s1. The summed E-state index contributed by atoms with van der Waals surface area (Å²) < 4.78 is 2.83. The van der Waals surface area contributed by atoms with Crippen molar-refractivity contribution >= 4 is 29.3 Å². The Bertz CT molecular complexity index is 1390. The molecule has 1 N–H and O–H groups in total. The molecule has 7 heteroatoms. The fourth-order valence-electron chi connectivity index (χ4n) is 2.93. The first-order valence-electron chi connectivity index (χ1n) is 9.84. The minimum absolute atomic E-state index is 0.0375. The molecular weight excluding hydrogens is 408 g/mol. The second-order valence-corrected chi connectivity index (χ2v) is 9.23. The van der Waals surface area contributed by atoms with Crippen molar-refractivity contribution in [2.45, 2.75) is 20.8 Å². The van der Waals surface area contributed by atoms with Crippen molar-refractivity contribution in [3.63, 3.8) is 0 Å². The maximum atomic E-state index is 12.6. The number of nitrogens with zero attached hydrogens (tertiary/aromatic N) is 3. The van der Waals surface area contributed by atoms with Gasteiger partial charge in [0.2, 0.25) is 0 Å². The third kappa shape index (κ3) is 4.62. The first kappa shape index (κ1) is 20.7. The number of aromatic amines is 1. The maximum Gasteiger partial charge on any atom is 0.266 e. The van der Waals surface area contributed by atoms with Crippen molar-refractivity contribution in [1.82, 2.24) is 19.7 Å². The third-order valence-electron chi connectivity index (χ3n) is 4.67. The Balaban J connectivity index is 1.86. The van der Waals surface area contributed by atoms with Crippen LogP contribution in [0.3, 0.4) is 0 Å². The van der Waals surface area contributed by atoms with Crippen LogP contribution in [-0.2, 0) is 4.79 Å². The molecule has 0 aliphatic heterocycles. The largest absolute Gasteiger partial charge is 0.313 e. The molecule has 0 amide bonds. The van der Waals surface area contributed by atoms with Crippen LogP contribution in [0.1, 0.15) is 26.3 Å². The van der Waals surface area contributed by atoms with Gasteiger partial charge in [-0.2, -0.15) is 5.10 Å². The number of hydrogen-bond acceptors (Lipinski definition) is 5. The van der Waals surface area contributed by atoms with Crippen molar-refractivity contribution in [3.05, 3.63) is 86.2 Å². The van der Waals surface area contributed by atoms with Crippen molar-refractivity contribution in [2.75, 3.05) is 0 Å². The van der Waals surface area contributed by atoms with Crippen LogP contribution in [0, 0.1) is 5.41 Å². The summed E-state index contributed by atoms with van der Waals surface area (Å²) in [6.07, 6.45) is 8.64. The van der Waals surface area contributed by atoms with Crippen LogP contribution >= 0.6 is 11.3 Å². The molecule has 0 spiro atoms. The van der Waals surface area contributed by atoms with Gasteiger partial charge in [-0.1, -0.05) is 39.0 Å². The van der Waals surface area contributed by atoms with E-state index in [1.165, 1.54) is 17.4 Å². The van der Waals surface area contributed by atoms with Crippen LogP contribution < -0.4 is 14.8 Å². The number of thiazole rings is 1. The lowest BCUT2D eigenvalue weighted by atomic mass is 9.91. The summed E-state index contributed by atoms with van der Waals surface area (Å²) in [6.45, 7) is 5.55. The van der Waals surface area contributed by atoms with E-state index in [0.29, 0.717) is 9.20 Å². The molecule has 0 bridgehead atoms. The number of pyridine rings is 1.